The average Bonchev–Trinajstić information content (AvgIpc) is 3.32. The van der Waals surface area contributed by atoms with Crippen molar-refractivity contribution in [3.05, 3.63) is 73.8 Å². The molecular formula is C24H30Cl4N4O3. The second-order valence-electron chi connectivity index (χ2n) is 8.98. The Labute approximate surface area is 228 Å². The van der Waals surface area contributed by atoms with Crippen LogP contribution in [0.2, 0.25) is 10.0 Å². The summed E-state index contributed by atoms with van der Waals surface area (Å²) < 4.78 is 0. The van der Waals surface area contributed by atoms with Crippen molar-refractivity contribution in [1.29, 1.82) is 0 Å². The lowest BCUT2D eigenvalue weighted by molar-refractivity contribution is -0.385. The molecule has 0 N–H and O–H groups in total. The molecule has 0 aromatic heterocycles. The van der Waals surface area contributed by atoms with Gasteiger partial charge in [0.2, 0.25) is 5.91 Å². The molecule has 2 heterocycles. The Morgan fingerprint density at radius 3 is 2.29 bits per heavy atom. The number of nitro benzene ring substituents is 1. The molecule has 4 rings (SSSR count). The Bertz CT molecular complexity index is 1040. The standard InChI is InChI=1S/C24H28Cl2N4O3.2ClH/c1-24(28-9-5-6-10-28)17-27(16-18-7-3-2-4-8-18)11-12-29(24)23(31)14-19-13-20(25)21(26)15-22(19)30(32)33;;/h2-4,7-8,13,15H,5-6,9-12,14,16-17H2,1H3;2*1H/t24-;;/m1../s1. The van der Waals surface area contributed by atoms with Crippen LogP contribution in [-0.2, 0) is 17.8 Å². The van der Waals surface area contributed by atoms with Gasteiger partial charge < -0.3 is 4.90 Å². The molecular weight excluding hydrogens is 534 g/mol. The Hall–Kier alpha value is -1.61. The van der Waals surface area contributed by atoms with E-state index in [1.807, 2.05) is 23.1 Å². The lowest BCUT2D eigenvalue weighted by Gasteiger charge is -2.53. The summed E-state index contributed by atoms with van der Waals surface area (Å²) in [6.07, 6.45) is 2.12. The topological polar surface area (TPSA) is 69.9 Å². The molecule has 7 nitrogen and oxygen atoms in total. The highest BCUT2D eigenvalue weighted by molar-refractivity contribution is 6.42. The minimum absolute atomic E-state index is 0. The van der Waals surface area contributed by atoms with Crippen molar-refractivity contribution in [3.8, 4) is 0 Å². The molecule has 2 saturated heterocycles. The zero-order valence-electron chi connectivity index (χ0n) is 19.5. The summed E-state index contributed by atoms with van der Waals surface area (Å²) >= 11 is 12.1. The third kappa shape index (κ3) is 6.59. The van der Waals surface area contributed by atoms with E-state index >= 15 is 0 Å². The Balaban J connectivity index is 0.00000216. The Morgan fingerprint density at radius 2 is 1.66 bits per heavy atom. The summed E-state index contributed by atoms with van der Waals surface area (Å²) in [5.74, 6) is -0.134. The molecule has 0 radical (unpaired) electrons. The third-order valence-corrected chi connectivity index (χ3v) is 7.46. The molecule has 2 aliphatic rings. The fraction of sp³-hybridized carbons (Fsp3) is 0.458. The van der Waals surface area contributed by atoms with Crippen molar-refractivity contribution in [2.45, 2.75) is 38.4 Å². The van der Waals surface area contributed by atoms with Crippen LogP contribution in [0.25, 0.3) is 0 Å². The van der Waals surface area contributed by atoms with Gasteiger partial charge in [-0.2, -0.15) is 0 Å². The molecule has 192 valence electrons. The second kappa shape index (κ2) is 12.6. The van der Waals surface area contributed by atoms with Crippen molar-refractivity contribution >= 4 is 59.6 Å². The van der Waals surface area contributed by atoms with Crippen LogP contribution in [0.4, 0.5) is 5.69 Å². The zero-order chi connectivity index (χ0) is 23.6. The van der Waals surface area contributed by atoms with Crippen LogP contribution in [0.5, 0.6) is 0 Å². The normalized spacial score (nSPS) is 20.7. The first-order valence-electron chi connectivity index (χ1n) is 11.2. The van der Waals surface area contributed by atoms with Crippen molar-refractivity contribution in [2.75, 3.05) is 32.7 Å². The molecule has 2 aromatic carbocycles. The fourth-order valence-electron chi connectivity index (χ4n) is 5.06. The number of nitrogens with zero attached hydrogens (tertiary/aromatic N) is 4. The molecule has 0 aliphatic carbocycles. The van der Waals surface area contributed by atoms with Crippen molar-refractivity contribution in [2.24, 2.45) is 0 Å². The van der Waals surface area contributed by atoms with Crippen LogP contribution in [0.3, 0.4) is 0 Å². The quantitative estimate of drug-likeness (QED) is 0.345. The number of piperazine rings is 1. The molecule has 0 bridgehead atoms. The number of benzene rings is 2. The smallest absolute Gasteiger partial charge is 0.274 e. The van der Waals surface area contributed by atoms with E-state index in [0.29, 0.717) is 6.54 Å². The minimum Gasteiger partial charge on any atom is -0.322 e. The maximum atomic E-state index is 13.6. The zero-order valence-corrected chi connectivity index (χ0v) is 22.6. The number of carbonyl (C=O) groups excluding carboxylic acids is 1. The van der Waals surface area contributed by atoms with Gasteiger partial charge in [0, 0.05) is 50.9 Å². The minimum atomic E-state index is -0.512. The fourth-order valence-corrected chi connectivity index (χ4v) is 5.40. The molecule has 1 amide bonds. The Morgan fingerprint density at radius 1 is 1.03 bits per heavy atom. The van der Waals surface area contributed by atoms with Gasteiger partial charge in [0.05, 0.1) is 21.4 Å². The van der Waals surface area contributed by atoms with E-state index in [1.54, 1.807) is 0 Å². The van der Waals surface area contributed by atoms with Gasteiger partial charge in [-0.25, -0.2) is 0 Å². The SMILES string of the molecule is C[C@]1(N2CCCC2)CN(Cc2ccccc2)CCN1C(=O)Cc1cc(Cl)c(Cl)cc1[N+](=O)[O-].Cl.Cl. The van der Waals surface area contributed by atoms with Crippen LogP contribution in [0.15, 0.2) is 42.5 Å². The van der Waals surface area contributed by atoms with Crippen molar-refractivity contribution in [3.63, 3.8) is 0 Å². The molecule has 2 fully saturated rings. The maximum absolute atomic E-state index is 13.6. The lowest BCUT2D eigenvalue weighted by Crippen LogP contribution is -2.69. The van der Waals surface area contributed by atoms with E-state index in [9.17, 15) is 14.9 Å². The number of hydrogen-bond donors (Lipinski definition) is 0. The largest absolute Gasteiger partial charge is 0.322 e. The van der Waals surface area contributed by atoms with Gasteiger partial charge in [0.15, 0.2) is 0 Å². The highest BCUT2D eigenvalue weighted by atomic mass is 35.5. The molecule has 0 saturated carbocycles. The molecule has 0 unspecified atom stereocenters. The molecule has 2 aromatic rings. The van der Waals surface area contributed by atoms with Gasteiger partial charge in [-0.3, -0.25) is 24.7 Å². The number of nitro groups is 1. The van der Waals surface area contributed by atoms with Crippen LogP contribution in [0.1, 0.15) is 30.9 Å². The van der Waals surface area contributed by atoms with Gasteiger partial charge in [-0.15, -0.1) is 24.8 Å². The molecule has 35 heavy (non-hydrogen) atoms. The van der Waals surface area contributed by atoms with Crippen LogP contribution >= 0.6 is 48.0 Å². The number of hydrogen-bond acceptors (Lipinski definition) is 5. The summed E-state index contributed by atoms with van der Waals surface area (Å²) in [5.41, 5.74) is 0.872. The van der Waals surface area contributed by atoms with E-state index in [-0.39, 0.29) is 58.4 Å². The Kier molecular flexibility index (Phi) is 10.6. The summed E-state index contributed by atoms with van der Waals surface area (Å²) in [4.78, 5) is 31.3. The summed E-state index contributed by atoms with van der Waals surface area (Å²) in [7, 11) is 0. The second-order valence-corrected chi connectivity index (χ2v) is 9.80. The number of amides is 1. The summed E-state index contributed by atoms with van der Waals surface area (Å²) in [6.45, 7) is 6.85. The van der Waals surface area contributed by atoms with Gasteiger partial charge in [-0.05, 0) is 31.4 Å². The van der Waals surface area contributed by atoms with E-state index in [0.717, 1.165) is 45.6 Å². The van der Waals surface area contributed by atoms with E-state index < -0.39 is 10.6 Å². The predicted molar refractivity (Wildman–Crippen MR) is 144 cm³/mol. The molecule has 0 spiro atoms. The van der Waals surface area contributed by atoms with Gasteiger partial charge in [0.25, 0.3) is 5.69 Å². The van der Waals surface area contributed by atoms with Gasteiger partial charge >= 0.3 is 0 Å². The van der Waals surface area contributed by atoms with E-state index in [1.165, 1.54) is 17.7 Å². The van der Waals surface area contributed by atoms with Gasteiger partial charge in [0.1, 0.15) is 5.66 Å². The average molecular weight is 564 g/mol. The number of carbonyl (C=O) groups is 1. The molecule has 11 heteroatoms. The molecule has 2 aliphatic heterocycles. The first-order valence-corrected chi connectivity index (χ1v) is 12.0. The van der Waals surface area contributed by atoms with Crippen LogP contribution in [-0.4, -0.2) is 63.9 Å². The van der Waals surface area contributed by atoms with Crippen molar-refractivity contribution < 1.29 is 9.72 Å². The van der Waals surface area contributed by atoms with Gasteiger partial charge in [-0.1, -0.05) is 53.5 Å². The first kappa shape index (κ1) is 29.6. The summed E-state index contributed by atoms with van der Waals surface area (Å²) in [5, 5.41) is 11.9. The third-order valence-electron chi connectivity index (χ3n) is 6.74. The van der Waals surface area contributed by atoms with Crippen LogP contribution < -0.4 is 0 Å². The highest BCUT2D eigenvalue weighted by Crippen LogP contribution is 2.34. The maximum Gasteiger partial charge on any atom is 0.274 e. The molecule has 1 atom stereocenters. The number of rotatable bonds is 6. The monoisotopic (exact) mass is 562 g/mol. The lowest BCUT2D eigenvalue weighted by atomic mass is 10.0. The first-order chi connectivity index (χ1) is 15.8. The van der Waals surface area contributed by atoms with Crippen molar-refractivity contribution in [1.82, 2.24) is 14.7 Å². The highest BCUT2D eigenvalue weighted by Gasteiger charge is 2.45. The number of likely N-dealkylation sites (tertiary alicyclic amines) is 1. The summed E-state index contributed by atoms with van der Waals surface area (Å²) in [6, 6.07) is 13.0. The predicted octanol–water partition coefficient (Wildman–Crippen LogP) is 5.44. The van der Waals surface area contributed by atoms with E-state index in [2.05, 4.69) is 28.9 Å². The van der Waals surface area contributed by atoms with E-state index in [4.69, 9.17) is 23.2 Å². The number of halogens is 4. The van der Waals surface area contributed by atoms with Crippen LogP contribution in [0, 0.1) is 10.1 Å².